The van der Waals surface area contributed by atoms with E-state index in [1.165, 1.54) is 18.3 Å². The first-order chi connectivity index (χ1) is 15.7. The molecule has 0 bridgehead atoms. The number of imidazole rings is 1. The van der Waals surface area contributed by atoms with E-state index in [1.807, 2.05) is 6.07 Å². The van der Waals surface area contributed by atoms with E-state index in [-0.39, 0.29) is 12.5 Å². The SMILES string of the molecule is Cn1c(Nc2ccc(C(F)(F)F)cc2)nc2cc(Oc3ccnc(NC(=O)CN)c3)ccc21. The molecule has 1 amide bonds. The van der Waals surface area contributed by atoms with Gasteiger partial charge in [-0.05, 0) is 42.5 Å². The van der Waals surface area contributed by atoms with Gasteiger partial charge in [-0.15, -0.1) is 0 Å². The monoisotopic (exact) mass is 456 g/mol. The average Bonchev–Trinajstić information content (AvgIpc) is 3.08. The van der Waals surface area contributed by atoms with Gasteiger partial charge < -0.3 is 25.7 Å². The molecule has 2 aromatic heterocycles. The van der Waals surface area contributed by atoms with Crippen LogP contribution < -0.4 is 21.1 Å². The minimum Gasteiger partial charge on any atom is -0.457 e. The topological polar surface area (TPSA) is 107 Å². The fourth-order valence-electron chi connectivity index (χ4n) is 3.10. The van der Waals surface area contributed by atoms with Crippen molar-refractivity contribution in [1.29, 1.82) is 0 Å². The van der Waals surface area contributed by atoms with Crippen LogP contribution in [0, 0.1) is 0 Å². The second-order valence-electron chi connectivity index (χ2n) is 7.08. The highest BCUT2D eigenvalue weighted by Gasteiger charge is 2.30. The van der Waals surface area contributed by atoms with Crippen LogP contribution >= 0.6 is 0 Å². The van der Waals surface area contributed by atoms with E-state index in [0.717, 1.165) is 17.6 Å². The molecule has 4 aromatic rings. The lowest BCUT2D eigenvalue weighted by Gasteiger charge is -2.09. The number of rotatable bonds is 6. The van der Waals surface area contributed by atoms with E-state index >= 15 is 0 Å². The van der Waals surface area contributed by atoms with Crippen LogP contribution in [-0.2, 0) is 18.0 Å². The summed E-state index contributed by atoms with van der Waals surface area (Å²) in [7, 11) is 1.79. The number of hydrogen-bond acceptors (Lipinski definition) is 6. The lowest BCUT2D eigenvalue weighted by molar-refractivity contribution is -0.137. The van der Waals surface area contributed by atoms with Crippen LogP contribution in [0.25, 0.3) is 11.0 Å². The van der Waals surface area contributed by atoms with Crippen molar-refractivity contribution in [1.82, 2.24) is 14.5 Å². The van der Waals surface area contributed by atoms with Crippen LogP contribution in [0.1, 0.15) is 5.56 Å². The maximum atomic E-state index is 12.8. The average molecular weight is 456 g/mol. The summed E-state index contributed by atoms with van der Waals surface area (Å²) in [5, 5.41) is 5.58. The third-order valence-electron chi connectivity index (χ3n) is 4.74. The molecule has 0 saturated heterocycles. The predicted molar refractivity (Wildman–Crippen MR) is 117 cm³/mol. The number of pyridine rings is 1. The van der Waals surface area contributed by atoms with Crippen molar-refractivity contribution in [2.45, 2.75) is 6.18 Å². The van der Waals surface area contributed by atoms with Crippen LogP contribution in [0.2, 0.25) is 0 Å². The van der Waals surface area contributed by atoms with E-state index in [1.54, 1.807) is 35.9 Å². The van der Waals surface area contributed by atoms with Crippen LogP contribution in [0.4, 0.5) is 30.6 Å². The normalized spacial score (nSPS) is 11.4. The number of fused-ring (bicyclic) bond motifs is 1. The first-order valence-corrected chi connectivity index (χ1v) is 9.77. The van der Waals surface area contributed by atoms with Crippen molar-refractivity contribution < 1.29 is 22.7 Å². The zero-order chi connectivity index (χ0) is 23.6. The number of carbonyl (C=O) groups is 1. The first kappa shape index (κ1) is 22.1. The number of nitrogens with zero attached hydrogens (tertiary/aromatic N) is 3. The zero-order valence-corrected chi connectivity index (χ0v) is 17.3. The second-order valence-corrected chi connectivity index (χ2v) is 7.08. The van der Waals surface area contributed by atoms with Gasteiger partial charge >= 0.3 is 6.18 Å². The minimum absolute atomic E-state index is 0.161. The van der Waals surface area contributed by atoms with E-state index in [9.17, 15) is 18.0 Å². The molecule has 0 radical (unpaired) electrons. The van der Waals surface area contributed by atoms with E-state index < -0.39 is 11.7 Å². The number of nitrogens with two attached hydrogens (primary N) is 1. The number of ether oxygens (including phenoxy) is 1. The molecule has 0 spiro atoms. The van der Waals surface area contributed by atoms with Crippen molar-refractivity contribution >= 4 is 34.4 Å². The summed E-state index contributed by atoms with van der Waals surface area (Å²) in [6.07, 6.45) is -2.90. The Bertz CT molecular complexity index is 1300. The van der Waals surface area contributed by atoms with Gasteiger partial charge in [-0.25, -0.2) is 9.97 Å². The lowest BCUT2D eigenvalue weighted by Crippen LogP contribution is -2.22. The molecular weight excluding hydrogens is 437 g/mol. The highest BCUT2D eigenvalue weighted by molar-refractivity contribution is 5.91. The summed E-state index contributed by atoms with van der Waals surface area (Å²) in [6, 6.07) is 13.2. The zero-order valence-electron chi connectivity index (χ0n) is 17.3. The number of alkyl halides is 3. The number of halogens is 3. The lowest BCUT2D eigenvalue weighted by atomic mass is 10.2. The Balaban J connectivity index is 1.53. The largest absolute Gasteiger partial charge is 0.457 e. The summed E-state index contributed by atoms with van der Waals surface area (Å²) < 4.78 is 45.9. The second kappa shape index (κ2) is 8.79. The molecule has 0 aliphatic rings. The van der Waals surface area contributed by atoms with Crippen molar-refractivity contribution in [2.24, 2.45) is 12.8 Å². The van der Waals surface area contributed by atoms with Crippen molar-refractivity contribution in [2.75, 3.05) is 17.2 Å². The fourth-order valence-corrected chi connectivity index (χ4v) is 3.10. The van der Waals surface area contributed by atoms with E-state index in [2.05, 4.69) is 20.6 Å². The van der Waals surface area contributed by atoms with Gasteiger partial charge in [0.15, 0.2) is 0 Å². The molecule has 0 aliphatic heterocycles. The van der Waals surface area contributed by atoms with Crippen LogP contribution in [0.5, 0.6) is 11.5 Å². The summed E-state index contributed by atoms with van der Waals surface area (Å²) in [5.41, 5.74) is 6.46. The summed E-state index contributed by atoms with van der Waals surface area (Å²) in [6.45, 7) is -0.161. The van der Waals surface area contributed by atoms with Gasteiger partial charge in [0.05, 0.1) is 23.1 Å². The smallest absolute Gasteiger partial charge is 0.416 e. The standard InChI is InChI=1S/C22H19F3N6O2/c1-31-18-7-6-15(33-16-8-9-27-19(11-16)30-20(32)12-26)10-17(18)29-21(31)28-14-4-2-13(3-5-14)22(23,24)25/h2-11H,12,26H2,1H3,(H,28,29)(H,27,30,32). The predicted octanol–water partition coefficient (Wildman–Crippen LogP) is 4.42. The van der Waals surface area contributed by atoms with Gasteiger partial charge in [0.2, 0.25) is 11.9 Å². The van der Waals surface area contributed by atoms with Gasteiger partial charge in [0.1, 0.15) is 17.3 Å². The maximum absolute atomic E-state index is 12.8. The quantitative estimate of drug-likeness (QED) is 0.397. The van der Waals surface area contributed by atoms with Gasteiger partial charge in [0, 0.05) is 31.1 Å². The number of aryl methyl sites for hydroxylation is 1. The molecule has 0 saturated carbocycles. The number of benzene rings is 2. The van der Waals surface area contributed by atoms with Gasteiger partial charge in [-0.2, -0.15) is 13.2 Å². The Morgan fingerprint density at radius 2 is 1.82 bits per heavy atom. The Morgan fingerprint density at radius 3 is 2.52 bits per heavy atom. The molecule has 4 rings (SSSR count). The number of hydrogen-bond donors (Lipinski definition) is 3. The number of aromatic nitrogens is 3. The number of nitrogens with one attached hydrogen (secondary N) is 2. The number of anilines is 3. The summed E-state index contributed by atoms with van der Waals surface area (Å²) >= 11 is 0. The van der Waals surface area contributed by atoms with Crippen molar-refractivity contribution in [3.63, 3.8) is 0 Å². The molecule has 170 valence electrons. The molecule has 0 unspecified atom stereocenters. The molecule has 0 fully saturated rings. The van der Waals surface area contributed by atoms with Crippen molar-refractivity contribution in [3.8, 4) is 11.5 Å². The van der Waals surface area contributed by atoms with Crippen LogP contribution in [0.15, 0.2) is 60.8 Å². The Labute approximate surface area is 186 Å². The fraction of sp³-hybridized carbons (Fsp3) is 0.136. The van der Waals surface area contributed by atoms with Gasteiger partial charge in [-0.3, -0.25) is 4.79 Å². The van der Waals surface area contributed by atoms with E-state index in [0.29, 0.717) is 34.5 Å². The highest BCUT2D eigenvalue weighted by Crippen LogP contribution is 2.31. The molecule has 4 N–H and O–H groups in total. The Kier molecular flexibility index (Phi) is 5.88. The molecule has 2 heterocycles. The Hall–Kier alpha value is -4.12. The molecule has 8 nitrogen and oxygen atoms in total. The maximum Gasteiger partial charge on any atom is 0.416 e. The van der Waals surface area contributed by atoms with Crippen molar-refractivity contribution in [3.05, 3.63) is 66.4 Å². The first-order valence-electron chi connectivity index (χ1n) is 9.77. The number of amides is 1. The summed E-state index contributed by atoms with van der Waals surface area (Å²) in [5.74, 6) is 1.35. The minimum atomic E-state index is -4.39. The summed E-state index contributed by atoms with van der Waals surface area (Å²) in [4.78, 5) is 20.0. The molecule has 33 heavy (non-hydrogen) atoms. The molecular formula is C22H19F3N6O2. The van der Waals surface area contributed by atoms with Crippen LogP contribution in [0.3, 0.4) is 0 Å². The molecule has 0 atom stereocenters. The van der Waals surface area contributed by atoms with Gasteiger partial charge in [0.25, 0.3) is 0 Å². The molecule has 11 heteroatoms. The third kappa shape index (κ3) is 5.04. The number of carbonyl (C=O) groups excluding carboxylic acids is 1. The van der Waals surface area contributed by atoms with Gasteiger partial charge in [-0.1, -0.05) is 0 Å². The third-order valence-corrected chi connectivity index (χ3v) is 4.74. The molecule has 0 aliphatic carbocycles. The molecule has 2 aromatic carbocycles. The van der Waals surface area contributed by atoms with Crippen LogP contribution in [-0.4, -0.2) is 27.0 Å². The Morgan fingerprint density at radius 1 is 1.09 bits per heavy atom. The van der Waals surface area contributed by atoms with E-state index in [4.69, 9.17) is 10.5 Å². The highest BCUT2D eigenvalue weighted by atomic mass is 19.4.